The molecule has 0 amide bonds. The van der Waals surface area contributed by atoms with E-state index < -0.39 is 15.6 Å². The first-order chi connectivity index (χ1) is 9.43. The monoisotopic (exact) mass is 300 g/mol. The second kappa shape index (κ2) is 7.06. The molecule has 0 fully saturated rings. The van der Waals surface area contributed by atoms with Crippen molar-refractivity contribution in [2.75, 3.05) is 13.2 Å². The van der Waals surface area contributed by atoms with Crippen molar-refractivity contribution in [2.24, 2.45) is 5.73 Å². The number of hydrogen-bond donors (Lipinski definition) is 2. The lowest BCUT2D eigenvalue weighted by Gasteiger charge is -2.31. The molecule has 1 aromatic carbocycles. The van der Waals surface area contributed by atoms with Gasteiger partial charge in [-0.15, -0.1) is 0 Å². The minimum absolute atomic E-state index is 0.197. The second-order valence-corrected chi connectivity index (χ2v) is 6.39. The summed E-state index contributed by atoms with van der Waals surface area (Å²) < 4.78 is 33.0. The Hall–Kier alpha value is -1.11. The molecule has 20 heavy (non-hydrogen) atoms. The van der Waals surface area contributed by atoms with Crippen LogP contribution in [0.15, 0.2) is 29.2 Å². The fourth-order valence-electron chi connectivity index (χ4n) is 1.97. The van der Waals surface area contributed by atoms with Crippen molar-refractivity contribution in [2.45, 2.75) is 44.0 Å². The summed E-state index contributed by atoms with van der Waals surface area (Å²) in [5.74, 6) is 0.543. The zero-order valence-corrected chi connectivity index (χ0v) is 13.2. The van der Waals surface area contributed by atoms with Gasteiger partial charge in [-0.25, -0.2) is 13.1 Å². The van der Waals surface area contributed by atoms with Crippen molar-refractivity contribution < 1.29 is 13.2 Å². The van der Waals surface area contributed by atoms with Crippen LogP contribution in [0.3, 0.4) is 0 Å². The topological polar surface area (TPSA) is 81.4 Å². The van der Waals surface area contributed by atoms with Crippen molar-refractivity contribution >= 4 is 10.0 Å². The molecule has 0 atom stereocenters. The van der Waals surface area contributed by atoms with Crippen LogP contribution >= 0.6 is 0 Å². The van der Waals surface area contributed by atoms with E-state index in [2.05, 4.69) is 4.72 Å². The maximum Gasteiger partial charge on any atom is 0.241 e. The summed E-state index contributed by atoms with van der Waals surface area (Å²) in [6.07, 6.45) is 1.29. The normalized spacial score (nSPS) is 12.4. The summed E-state index contributed by atoms with van der Waals surface area (Å²) in [5.41, 5.74) is 5.14. The summed E-state index contributed by atoms with van der Waals surface area (Å²) in [7, 11) is -3.61. The van der Waals surface area contributed by atoms with Gasteiger partial charge in [0.05, 0.1) is 11.5 Å². The third-order valence-corrected chi connectivity index (χ3v) is 5.10. The molecule has 0 saturated carbocycles. The van der Waals surface area contributed by atoms with Crippen LogP contribution in [0.25, 0.3) is 0 Å². The first-order valence-electron chi connectivity index (χ1n) is 6.90. The maximum absolute atomic E-state index is 12.5. The van der Waals surface area contributed by atoms with Gasteiger partial charge < -0.3 is 10.5 Å². The molecule has 0 unspecified atom stereocenters. The van der Waals surface area contributed by atoms with E-state index in [1.54, 1.807) is 18.2 Å². The summed E-state index contributed by atoms with van der Waals surface area (Å²) in [4.78, 5) is 0.197. The van der Waals surface area contributed by atoms with Crippen molar-refractivity contribution in [3.8, 4) is 5.75 Å². The highest BCUT2D eigenvalue weighted by Crippen LogP contribution is 2.21. The third-order valence-electron chi connectivity index (χ3n) is 3.52. The van der Waals surface area contributed by atoms with Crippen LogP contribution in [0.1, 0.15) is 33.6 Å². The summed E-state index contributed by atoms with van der Waals surface area (Å²) >= 11 is 0. The van der Waals surface area contributed by atoms with E-state index in [1.807, 2.05) is 20.8 Å². The number of sulfonamides is 1. The average molecular weight is 300 g/mol. The summed E-state index contributed by atoms with van der Waals surface area (Å²) in [5, 5.41) is 0. The Morgan fingerprint density at radius 2 is 1.90 bits per heavy atom. The Labute approximate surface area is 121 Å². The van der Waals surface area contributed by atoms with Crippen LogP contribution in [0.5, 0.6) is 5.75 Å². The van der Waals surface area contributed by atoms with Gasteiger partial charge in [-0.3, -0.25) is 0 Å². The van der Waals surface area contributed by atoms with Gasteiger partial charge in [0.2, 0.25) is 10.0 Å². The van der Waals surface area contributed by atoms with E-state index in [-0.39, 0.29) is 11.4 Å². The molecule has 0 aliphatic heterocycles. The van der Waals surface area contributed by atoms with Crippen LogP contribution in [-0.2, 0) is 10.0 Å². The molecule has 1 rings (SSSR count). The molecular formula is C14H24N2O3S. The number of nitrogens with one attached hydrogen (secondary N) is 1. The van der Waals surface area contributed by atoms with Gasteiger partial charge in [0.15, 0.2) is 0 Å². The van der Waals surface area contributed by atoms with Gasteiger partial charge >= 0.3 is 0 Å². The van der Waals surface area contributed by atoms with E-state index in [0.29, 0.717) is 25.2 Å². The quantitative estimate of drug-likeness (QED) is 0.768. The van der Waals surface area contributed by atoms with Crippen molar-refractivity contribution in [3.05, 3.63) is 24.3 Å². The number of nitrogens with two attached hydrogens (primary N) is 1. The fraction of sp³-hybridized carbons (Fsp3) is 0.571. The van der Waals surface area contributed by atoms with Crippen LogP contribution in [0, 0.1) is 0 Å². The van der Waals surface area contributed by atoms with Crippen LogP contribution in [0.4, 0.5) is 0 Å². The Morgan fingerprint density at radius 1 is 1.25 bits per heavy atom. The molecule has 0 aromatic heterocycles. The molecule has 0 heterocycles. The van der Waals surface area contributed by atoms with E-state index in [9.17, 15) is 8.42 Å². The highest BCUT2D eigenvalue weighted by atomic mass is 32.2. The molecule has 0 aliphatic carbocycles. The Kier molecular flexibility index (Phi) is 5.98. The van der Waals surface area contributed by atoms with Crippen LogP contribution < -0.4 is 15.2 Å². The second-order valence-electron chi connectivity index (χ2n) is 4.70. The highest BCUT2D eigenvalue weighted by molar-refractivity contribution is 7.89. The van der Waals surface area contributed by atoms with Gasteiger partial charge in [0.1, 0.15) is 5.75 Å². The lowest BCUT2D eigenvalue weighted by atomic mass is 9.95. The number of hydrogen-bond acceptors (Lipinski definition) is 4. The largest absolute Gasteiger partial charge is 0.494 e. The van der Waals surface area contributed by atoms with E-state index in [4.69, 9.17) is 10.5 Å². The smallest absolute Gasteiger partial charge is 0.241 e. The van der Waals surface area contributed by atoms with Crippen molar-refractivity contribution in [3.63, 3.8) is 0 Å². The number of rotatable bonds is 8. The number of ether oxygens (including phenoxy) is 1. The van der Waals surface area contributed by atoms with E-state index in [0.717, 1.165) is 0 Å². The maximum atomic E-state index is 12.5. The Bertz CT molecular complexity index is 517. The Morgan fingerprint density at radius 3 is 2.40 bits per heavy atom. The molecule has 0 aliphatic rings. The molecule has 3 N–H and O–H groups in total. The summed E-state index contributed by atoms with van der Waals surface area (Å²) in [6, 6.07) is 6.48. The van der Waals surface area contributed by atoms with E-state index >= 15 is 0 Å². The minimum Gasteiger partial charge on any atom is -0.494 e. The van der Waals surface area contributed by atoms with Crippen LogP contribution in [0.2, 0.25) is 0 Å². The van der Waals surface area contributed by atoms with Crippen LogP contribution in [-0.4, -0.2) is 27.1 Å². The first kappa shape index (κ1) is 16.9. The molecule has 0 spiro atoms. The van der Waals surface area contributed by atoms with Gasteiger partial charge in [0, 0.05) is 18.2 Å². The van der Waals surface area contributed by atoms with Gasteiger partial charge in [-0.05, 0) is 31.9 Å². The molecule has 5 nitrogen and oxygen atoms in total. The average Bonchev–Trinajstić information content (AvgIpc) is 2.46. The van der Waals surface area contributed by atoms with E-state index in [1.165, 1.54) is 6.07 Å². The molecule has 1 aromatic rings. The fourth-order valence-corrected chi connectivity index (χ4v) is 3.56. The molecule has 0 saturated heterocycles. The molecule has 6 heteroatoms. The van der Waals surface area contributed by atoms with Gasteiger partial charge in [-0.1, -0.05) is 19.9 Å². The predicted octanol–water partition coefficient (Wildman–Crippen LogP) is 1.88. The van der Waals surface area contributed by atoms with Crippen molar-refractivity contribution in [1.29, 1.82) is 0 Å². The minimum atomic E-state index is -3.61. The molecular weight excluding hydrogens is 276 g/mol. The first-order valence-corrected chi connectivity index (χ1v) is 8.38. The zero-order chi connectivity index (χ0) is 15.2. The van der Waals surface area contributed by atoms with Crippen molar-refractivity contribution in [1.82, 2.24) is 4.72 Å². The lowest BCUT2D eigenvalue weighted by Crippen LogP contribution is -2.52. The molecule has 0 bridgehead atoms. The molecule has 0 radical (unpaired) electrons. The Balaban J connectivity index is 3.07. The number of benzene rings is 1. The standard InChI is InChI=1S/C14H24N2O3S/c1-4-14(5-2,11-15)16-20(17,18)13-9-7-8-12(10-13)19-6-3/h7-10,16H,4-6,11,15H2,1-3H3. The predicted molar refractivity (Wildman–Crippen MR) is 80.3 cm³/mol. The lowest BCUT2D eigenvalue weighted by molar-refractivity contribution is 0.339. The van der Waals surface area contributed by atoms with Gasteiger partial charge in [0.25, 0.3) is 0 Å². The zero-order valence-electron chi connectivity index (χ0n) is 12.3. The van der Waals surface area contributed by atoms with Gasteiger partial charge in [-0.2, -0.15) is 0 Å². The summed E-state index contributed by atoms with van der Waals surface area (Å²) in [6.45, 7) is 6.47. The third kappa shape index (κ3) is 3.94. The highest BCUT2D eigenvalue weighted by Gasteiger charge is 2.30. The molecule has 114 valence electrons. The SMILES string of the molecule is CCOc1cccc(S(=O)(=O)NC(CC)(CC)CN)c1.